The molecule has 1 aromatic heterocycles. The van der Waals surface area contributed by atoms with Crippen LogP contribution in [-0.2, 0) is 0 Å². The second-order valence-corrected chi connectivity index (χ2v) is 6.95. The number of aromatic nitrogens is 1. The van der Waals surface area contributed by atoms with Crippen LogP contribution in [0.5, 0.6) is 0 Å². The number of nitrogens with zero attached hydrogens (tertiary/aromatic N) is 3. The largest absolute Gasteiger partial charge is 0.340 e. The summed E-state index contributed by atoms with van der Waals surface area (Å²) in [5, 5.41) is 0. The summed E-state index contributed by atoms with van der Waals surface area (Å²) in [5.41, 5.74) is 0.787. The van der Waals surface area contributed by atoms with Gasteiger partial charge in [-0.05, 0) is 62.8 Å². The number of rotatable bonds is 3. The summed E-state index contributed by atoms with van der Waals surface area (Å²) >= 11 is 3.47. The minimum absolute atomic E-state index is 0.154. The van der Waals surface area contributed by atoms with Crippen molar-refractivity contribution < 1.29 is 4.79 Å². The van der Waals surface area contributed by atoms with Crippen molar-refractivity contribution in [1.29, 1.82) is 0 Å². The zero-order chi connectivity index (χ0) is 14.9. The first kappa shape index (κ1) is 15.6. The first-order valence-electron chi connectivity index (χ1n) is 7.23. The first-order chi connectivity index (χ1) is 9.40. The number of hydrogen-bond acceptors (Lipinski definition) is 2. The molecule has 0 radical (unpaired) electrons. The van der Waals surface area contributed by atoms with E-state index in [1.807, 2.05) is 21.7 Å². The van der Waals surface area contributed by atoms with Gasteiger partial charge in [-0.2, -0.15) is 0 Å². The van der Waals surface area contributed by atoms with E-state index in [-0.39, 0.29) is 5.91 Å². The fraction of sp³-hybridized carbons (Fsp3) is 0.667. The van der Waals surface area contributed by atoms with Crippen molar-refractivity contribution in [2.24, 2.45) is 0 Å². The molecule has 2 heterocycles. The summed E-state index contributed by atoms with van der Waals surface area (Å²) in [6, 6.07) is 2.82. The molecule has 0 N–H and O–H groups in total. The van der Waals surface area contributed by atoms with Gasteiger partial charge in [-0.3, -0.25) is 4.79 Å². The van der Waals surface area contributed by atoms with Gasteiger partial charge in [0.1, 0.15) is 5.69 Å². The molecule has 1 aliphatic heterocycles. The lowest BCUT2D eigenvalue weighted by Crippen LogP contribution is -2.44. The van der Waals surface area contributed by atoms with Gasteiger partial charge in [-0.15, -0.1) is 0 Å². The highest BCUT2D eigenvalue weighted by Crippen LogP contribution is 2.23. The average Bonchev–Trinajstić information content (AvgIpc) is 2.80. The van der Waals surface area contributed by atoms with Crippen LogP contribution in [0.15, 0.2) is 16.7 Å². The van der Waals surface area contributed by atoms with Gasteiger partial charge in [0.25, 0.3) is 5.91 Å². The lowest BCUT2D eigenvalue weighted by atomic mass is 10.0. The van der Waals surface area contributed by atoms with Crippen LogP contribution in [-0.4, -0.2) is 53.5 Å². The fourth-order valence-electron chi connectivity index (χ4n) is 2.79. The average molecular weight is 342 g/mol. The van der Waals surface area contributed by atoms with Crippen LogP contribution in [0.3, 0.4) is 0 Å². The molecule has 20 heavy (non-hydrogen) atoms. The van der Waals surface area contributed by atoms with Gasteiger partial charge in [0.2, 0.25) is 0 Å². The Morgan fingerprint density at radius 2 is 1.95 bits per heavy atom. The molecule has 0 unspecified atom stereocenters. The Hall–Kier alpha value is -0.810. The molecule has 1 aliphatic rings. The van der Waals surface area contributed by atoms with Crippen LogP contribution in [0.1, 0.15) is 43.2 Å². The van der Waals surface area contributed by atoms with Crippen LogP contribution < -0.4 is 0 Å². The predicted octanol–water partition coefficient (Wildman–Crippen LogP) is 3.00. The Morgan fingerprint density at radius 3 is 2.45 bits per heavy atom. The van der Waals surface area contributed by atoms with Gasteiger partial charge in [0, 0.05) is 35.8 Å². The molecule has 1 amide bonds. The van der Waals surface area contributed by atoms with Gasteiger partial charge >= 0.3 is 0 Å². The second-order valence-electron chi connectivity index (χ2n) is 6.03. The molecule has 0 saturated carbocycles. The predicted molar refractivity (Wildman–Crippen MR) is 85.1 cm³/mol. The van der Waals surface area contributed by atoms with Gasteiger partial charge in [0.05, 0.1) is 0 Å². The topological polar surface area (TPSA) is 28.5 Å². The Labute approximate surface area is 129 Å². The molecule has 1 fully saturated rings. The van der Waals surface area contributed by atoms with Crippen molar-refractivity contribution in [1.82, 2.24) is 14.4 Å². The molecule has 2 rings (SSSR count). The van der Waals surface area contributed by atoms with Crippen molar-refractivity contribution in [2.75, 3.05) is 27.2 Å². The monoisotopic (exact) mass is 341 g/mol. The van der Waals surface area contributed by atoms with Crippen molar-refractivity contribution in [3.05, 3.63) is 22.4 Å². The molecule has 0 aromatic carbocycles. The molecular formula is C15H24BrN3O. The summed E-state index contributed by atoms with van der Waals surface area (Å²) in [6.07, 6.45) is 4.11. The maximum atomic E-state index is 12.7. The molecule has 0 atom stereocenters. The highest BCUT2D eigenvalue weighted by molar-refractivity contribution is 9.10. The van der Waals surface area contributed by atoms with Gasteiger partial charge in [0.15, 0.2) is 0 Å². The van der Waals surface area contributed by atoms with Crippen LogP contribution in [0.25, 0.3) is 0 Å². The second kappa shape index (κ2) is 6.31. The highest BCUT2D eigenvalue weighted by atomic mass is 79.9. The van der Waals surface area contributed by atoms with Crippen molar-refractivity contribution in [3.63, 3.8) is 0 Å². The quantitative estimate of drug-likeness (QED) is 0.845. The van der Waals surface area contributed by atoms with E-state index in [4.69, 9.17) is 0 Å². The molecule has 0 spiro atoms. The Bertz CT molecular complexity index is 473. The molecule has 4 nitrogen and oxygen atoms in total. The van der Waals surface area contributed by atoms with Crippen molar-refractivity contribution in [3.8, 4) is 0 Å². The highest BCUT2D eigenvalue weighted by Gasteiger charge is 2.26. The Kier molecular flexibility index (Phi) is 4.91. The smallest absolute Gasteiger partial charge is 0.270 e. The molecule has 1 saturated heterocycles. The van der Waals surface area contributed by atoms with Crippen molar-refractivity contribution >= 4 is 21.8 Å². The summed E-state index contributed by atoms with van der Waals surface area (Å²) < 4.78 is 3.02. The number of halogens is 1. The minimum atomic E-state index is 0.154. The van der Waals surface area contributed by atoms with E-state index in [9.17, 15) is 4.79 Å². The number of likely N-dealkylation sites (tertiary alicyclic amines) is 1. The first-order valence-corrected chi connectivity index (χ1v) is 8.02. The maximum Gasteiger partial charge on any atom is 0.270 e. The van der Waals surface area contributed by atoms with Crippen molar-refractivity contribution in [2.45, 2.75) is 38.8 Å². The van der Waals surface area contributed by atoms with E-state index < -0.39 is 0 Å². The lowest BCUT2D eigenvalue weighted by molar-refractivity contribution is 0.0651. The number of hydrogen-bond donors (Lipinski definition) is 0. The van der Waals surface area contributed by atoms with Crippen LogP contribution in [0, 0.1) is 0 Å². The molecule has 0 bridgehead atoms. The molecule has 5 heteroatoms. The molecule has 0 aliphatic carbocycles. The number of carbonyl (C=O) groups excluding carboxylic acids is 1. The molecular weight excluding hydrogens is 318 g/mol. The van der Waals surface area contributed by atoms with E-state index >= 15 is 0 Å². The summed E-state index contributed by atoms with van der Waals surface area (Å²) in [5.74, 6) is 0.154. The summed E-state index contributed by atoms with van der Waals surface area (Å²) in [7, 11) is 4.23. The van der Waals surface area contributed by atoms with E-state index in [0.717, 1.165) is 36.1 Å². The Balaban J connectivity index is 2.09. The maximum absolute atomic E-state index is 12.7. The van der Waals surface area contributed by atoms with Crippen LogP contribution in [0.4, 0.5) is 0 Å². The standard InChI is InChI=1S/C15H24BrN3O/c1-11(2)19-10-12(16)9-14(19)15(20)18-7-5-13(6-8-18)17(3)4/h9-11,13H,5-8H2,1-4H3. The zero-order valence-corrected chi connectivity index (χ0v) is 14.4. The third-order valence-electron chi connectivity index (χ3n) is 4.07. The summed E-state index contributed by atoms with van der Waals surface area (Å²) in [4.78, 5) is 16.9. The van der Waals surface area contributed by atoms with Gasteiger partial charge in [-0.1, -0.05) is 0 Å². The Morgan fingerprint density at radius 1 is 1.35 bits per heavy atom. The summed E-state index contributed by atoms with van der Waals surface area (Å²) in [6.45, 7) is 5.90. The number of amides is 1. The lowest BCUT2D eigenvalue weighted by Gasteiger charge is -2.35. The van der Waals surface area contributed by atoms with Crippen LogP contribution in [0.2, 0.25) is 0 Å². The van der Waals surface area contributed by atoms with E-state index in [2.05, 4.69) is 48.8 Å². The van der Waals surface area contributed by atoms with E-state index in [0.29, 0.717) is 12.1 Å². The van der Waals surface area contributed by atoms with E-state index in [1.165, 1.54) is 0 Å². The zero-order valence-electron chi connectivity index (χ0n) is 12.8. The van der Waals surface area contributed by atoms with Crippen LogP contribution >= 0.6 is 15.9 Å². The molecule has 112 valence electrons. The number of carbonyl (C=O) groups is 1. The normalized spacial score (nSPS) is 17.2. The SMILES string of the molecule is CC(C)n1cc(Br)cc1C(=O)N1CCC(N(C)C)CC1. The third-order valence-corrected chi connectivity index (χ3v) is 4.51. The van der Waals surface area contributed by atoms with Gasteiger partial charge < -0.3 is 14.4 Å². The van der Waals surface area contributed by atoms with Gasteiger partial charge in [-0.25, -0.2) is 0 Å². The number of piperidine rings is 1. The fourth-order valence-corrected chi connectivity index (χ4v) is 3.23. The minimum Gasteiger partial charge on any atom is -0.340 e. The molecule has 1 aromatic rings. The van der Waals surface area contributed by atoms with E-state index in [1.54, 1.807) is 0 Å². The third kappa shape index (κ3) is 3.26.